The van der Waals surface area contributed by atoms with E-state index in [9.17, 15) is 4.79 Å². The molecule has 180 valence electrons. The first kappa shape index (κ1) is 23.3. The van der Waals surface area contributed by atoms with E-state index in [4.69, 9.17) is 21.8 Å². The Morgan fingerprint density at radius 2 is 1.94 bits per heavy atom. The number of hydrazine groups is 1. The van der Waals surface area contributed by atoms with E-state index in [-0.39, 0.29) is 17.7 Å². The standard InChI is InChI=1S/C26H27ClN6O2/c1-14-21-24(28)29-13-30-25(21)33(31-14)15(2)23-22(18-7-5-6-8-19(18)26(34)35-23)16-9-10-20(27)17(11-16)12-32(3)4/h5-11,13-15,31H,12H2,1-4H3,(H2,28,29,30). The summed E-state index contributed by atoms with van der Waals surface area (Å²) in [4.78, 5) is 23.7. The average Bonchev–Trinajstić information content (AvgIpc) is 3.17. The Bertz CT molecular complexity index is 1480. The fraction of sp³-hybridized carbons (Fsp3) is 0.269. The van der Waals surface area contributed by atoms with Gasteiger partial charge in [0, 0.05) is 22.5 Å². The average molecular weight is 491 g/mol. The van der Waals surface area contributed by atoms with E-state index in [1.807, 2.05) is 63.3 Å². The summed E-state index contributed by atoms with van der Waals surface area (Å²) in [5.74, 6) is 1.62. The molecule has 3 heterocycles. The van der Waals surface area contributed by atoms with Gasteiger partial charge < -0.3 is 15.1 Å². The predicted octanol–water partition coefficient (Wildman–Crippen LogP) is 4.69. The van der Waals surface area contributed by atoms with Crippen LogP contribution in [0.3, 0.4) is 0 Å². The zero-order chi connectivity index (χ0) is 24.9. The van der Waals surface area contributed by atoms with Crippen molar-refractivity contribution in [2.45, 2.75) is 32.5 Å². The van der Waals surface area contributed by atoms with E-state index in [1.54, 1.807) is 6.07 Å². The lowest BCUT2D eigenvalue weighted by atomic mass is 9.94. The van der Waals surface area contributed by atoms with E-state index >= 15 is 0 Å². The first-order valence-corrected chi connectivity index (χ1v) is 11.8. The monoisotopic (exact) mass is 490 g/mol. The molecule has 3 N–H and O–H groups in total. The van der Waals surface area contributed by atoms with Crippen LogP contribution in [0.25, 0.3) is 21.9 Å². The molecule has 8 nitrogen and oxygen atoms in total. The molecule has 0 amide bonds. The molecule has 5 rings (SSSR count). The molecule has 0 spiro atoms. The third-order valence-electron chi connectivity index (χ3n) is 6.34. The van der Waals surface area contributed by atoms with Crippen LogP contribution in [0, 0.1) is 0 Å². The van der Waals surface area contributed by atoms with Gasteiger partial charge in [-0.25, -0.2) is 20.2 Å². The minimum atomic E-state index is -0.386. The van der Waals surface area contributed by atoms with Gasteiger partial charge >= 0.3 is 5.63 Å². The summed E-state index contributed by atoms with van der Waals surface area (Å²) in [6, 6.07) is 13.0. The molecule has 2 unspecified atom stereocenters. The van der Waals surface area contributed by atoms with Gasteiger partial charge in [0.15, 0.2) is 5.82 Å². The lowest BCUT2D eigenvalue weighted by molar-refractivity contribution is 0.402. The molecule has 0 saturated carbocycles. The largest absolute Gasteiger partial charge is 0.424 e. The zero-order valence-corrected chi connectivity index (χ0v) is 20.8. The lowest BCUT2D eigenvalue weighted by Crippen LogP contribution is -2.37. The maximum Gasteiger partial charge on any atom is 0.343 e. The number of nitrogen functional groups attached to an aromatic ring is 1. The van der Waals surface area contributed by atoms with Gasteiger partial charge in [-0.2, -0.15) is 0 Å². The Morgan fingerprint density at radius 1 is 1.20 bits per heavy atom. The lowest BCUT2D eigenvalue weighted by Gasteiger charge is -2.27. The van der Waals surface area contributed by atoms with Crippen molar-refractivity contribution in [2.75, 3.05) is 24.8 Å². The third-order valence-corrected chi connectivity index (χ3v) is 6.71. The number of aromatic nitrogens is 2. The van der Waals surface area contributed by atoms with Gasteiger partial charge in [-0.3, -0.25) is 5.01 Å². The Kier molecular flexibility index (Phi) is 5.96. The smallest absolute Gasteiger partial charge is 0.343 e. The van der Waals surface area contributed by atoms with Crippen LogP contribution in [0.4, 0.5) is 11.6 Å². The fourth-order valence-corrected chi connectivity index (χ4v) is 4.93. The van der Waals surface area contributed by atoms with E-state index in [0.717, 1.165) is 27.6 Å². The molecule has 2 aromatic carbocycles. The molecular formula is C26H27ClN6O2. The van der Waals surface area contributed by atoms with Crippen LogP contribution in [0.5, 0.6) is 0 Å². The van der Waals surface area contributed by atoms with Crippen molar-refractivity contribution in [3.8, 4) is 11.1 Å². The number of fused-ring (bicyclic) bond motifs is 2. The van der Waals surface area contributed by atoms with Crippen LogP contribution in [0.1, 0.15) is 42.8 Å². The minimum Gasteiger partial charge on any atom is -0.424 e. The molecule has 4 aromatic rings. The van der Waals surface area contributed by atoms with E-state index in [0.29, 0.717) is 34.3 Å². The minimum absolute atomic E-state index is 0.0912. The first-order valence-electron chi connectivity index (χ1n) is 11.4. The van der Waals surface area contributed by atoms with E-state index in [1.165, 1.54) is 6.33 Å². The van der Waals surface area contributed by atoms with Gasteiger partial charge in [0.2, 0.25) is 0 Å². The van der Waals surface area contributed by atoms with Gasteiger partial charge in [0.1, 0.15) is 23.9 Å². The maximum atomic E-state index is 13.1. The second-order valence-corrected chi connectivity index (χ2v) is 9.52. The van der Waals surface area contributed by atoms with Crippen LogP contribution < -0.4 is 21.8 Å². The summed E-state index contributed by atoms with van der Waals surface area (Å²) in [5.41, 5.74) is 12.7. The number of nitrogens with two attached hydrogens (primary N) is 1. The Morgan fingerprint density at radius 3 is 2.69 bits per heavy atom. The summed E-state index contributed by atoms with van der Waals surface area (Å²) < 4.78 is 6.03. The molecule has 0 saturated heterocycles. The van der Waals surface area contributed by atoms with Crippen LogP contribution in [-0.2, 0) is 6.54 Å². The summed E-state index contributed by atoms with van der Waals surface area (Å²) in [6.45, 7) is 4.65. The molecular weight excluding hydrogens is 464 g/mol. The highest BCUT2D eigenvalue weighted by atomic mass is 35.5. The SMILES string of the molecule is CC1NN(C(C)c2oc(=O)c3ccccc3c2-c2ccc(Cl)c(CN(C)C)c2)c2ncnc(N)c21. The third kappa shape index (κ3) is 4.03. The molecule has 2 atom stereocenters. The van der Waals surface area contributed by atoms with Crippen LogP contribution >= 0.6 is 11.6 Å². The number of nitrogens with zero attached hydrogens (tertiary/aromatic N) is 4. The molecule has 9 heteroatoms. The second-order valence-electron chi connectivity index (χ2n) is 9.11. The highest BCUT2D eigenvalue weighted by Crippen LogP contribution is 2.42. The van der Waals surface area contributed by atoms with Gasteiger partial charge in [-0.15, -0.1) is 0 Å². The number of rotatable bonds is 5. The quantitative estimate of drug-likeness (QED) is 0.415. The van der Waals surface area contributed by atoms with Crippen LogP contribution in [0.15, 0.2) is 58.0 Å². The van der Waals surface area contributed by atoms with Gasteiger partial charge in [0.05, 0.1) is 17.0 Å². The number of nitrogens with one attached hydrogen (secondary N) is 1. The summed E-state index contributed by atoms with van der Waals surface area (Å²) >= 11 is 6.52. The summed E-state index contributed by atoms with van der Waals surface area (Å²) in [6.07, 6.45) is 1.44. The molecule has 1 aliphatic heterocycles. The van der Waals surface area contributed by atoms with Crippen molar-refractivity contribution in [2.24, 2.45) is 0 Å². The van der Waals surface area contributed by atoms with Gasteiger partial charge in [0.25, 0.3) is 0 Å². The van der Waals surface area contributed by atoms with Crippen molar-refractivity contribution >= 4 is 34.0 Å². The molecule has 2 aromatic heterocycles. The second kappa shape index (κ2) is 8.96. The molecule has 0 bridgehead atoms. The molecule has 0 fully saturated rings. The molecule has 1 aliphatic rings. The normalized spacial score (nSPS) is 16.2. The van der Waals surface area contributed by atoms with Crippen molar-refractivity contribution in [1.82, 2.24) is 20.3 Å². The highest BCUT2D eigenvalue weighted by molar-refractivity contribution is 6.31. The summed E-state index contributed by atoms with van der Waals surface area (Å²) in [5, 5.41) is 3.93. The number of halogens is 1. The Labute approximate surface area is 208 Å². The Balaban J connectivity index is 1.73. The van der Waals surface area contributed by atoms with Crippen LogP contribution in [-0.4, -0.2) is 29.0 Å². The van der Waals surface area contributed by atoms with Crippen molar-refractivity contribution in [3.63, 3.8) is 0 Å². The number of hydrogen-bond acceptors (Lipinski definition) is 8. The highest BCUT2D eigenvalue weighted by Gasteiger charge is 2.35. The zero-order valence-electron chi connectivity index (χ0n) is 20.0. The van der Waals surface area contributed by atoms with Gasteiger partial charge in [-0.1, -0.05) is 35.9 Å². The maximum absolute atomic E-state index is 13.1. The van der Waals surface area contributed by atoms with Crippen molar-refractivity contribution < 1.29 is 4.42 Å². The van der Waals surface area contributed by atoms with Crippen molar-refractivity contribution in [3.05, 3.63) is 81.1 Å². The van der Waals surface area contributed by atoms with Crippen LogP contribution in [0.2, 0.25) is 5.02 Å². The van der Waals surface area contributed by atoms with E-state index < -0.39 is 0 Å². The number of hydrogen-bond donors (Lipinski definition) is 2. The number of anilines is 2. The van der Waals surface area contributed by atoms with Crippen molar-refractivity contribution in [1.29, 1.82) is 0 Å². The Hall–Kier alpha value is -3.46. The topological polar surface area (TPSA) is 101 Å². The fourth-order valence-electron chi connectivity index (χ4n) is 4.76. The molecule has 0 aliphatic carbocycles. The molecule has 35 heavy (non-hydrogen) atoms. The predicted molar refractivity (Wildman–Crippen MR) is 139 cm³/mol. The van der Waals surface area contributed by atoms with E-state index in [2.05, 4.69) is 26.4 Å². The summed E-state index contributed by atoms with van der Waals surface area (Å²) in [7, 11) is 4.00. The van der Waals surface area contributed by atoms with Gasteiger partial charge in [-0.05, 0) is 57.3 Å². The number of benzene rings is 2. The molecule has 0 radical (unpaired) electrons. The first-order chi connectivity index (χ1) is 16.8.